The number of nitrogens with zero attached hydrogens (tertiary/aromatic N) is 1. The summed E-state index contributed by atoms with van der Waals surface area (Å²) in [5.41, 5.74) is 16.2. The van der Waals surface area contributed by atoms with Crippen molar-refractivity contribution >= 4 is 42.3 Å². The fourth-order valence-corrected chi connectivity index (χ4v) is 2.53. The van der Waals surface area contributed by atoms with E-state index >= 15 is 0 Å². The Morgan fingerprint density at radius 3 is 2.23 bits per heavy atom. The molecule has 0 aliphatic heterocycles. The average molecular weight is 448 g/mol. The SMILES string of the molecule is CCC(C)C(NC(=O)C(N)CS)C(=O)NC(CCCN=C(N)N)C(=O)NCC(=O)O. The molecule has 13 heteroatoms. The Bertz CT molecular complexity index is 628. The number of carbonyl (C=O) groups excluding carboxylic acids is 3. The number of rotatable bonds is 14. The molecule has 0 saturated carbocycles. The van der Waals surface area contributed by atoms with Crippen molar-refractivity contribution in [2.75, 3.05) is 18.8 Å². The third-order valence-corrected chi connectivity index (χ3v) is 4.71. The van der Waals surface area contributed by atoms with Crippen LogP contribution in [0.25, 0.3) is 0 Å². The van der Waals surface area contributed by atoms with E-state index in [2.05, 4.69) is 33.6 Å². The van der Waals surface area contributed by atoms with Gasteiger partial charge in [0.05, 0.1) is 6.04 Å². The van der Waals surface area contributed by atoms with Gasteiger partial charge in [-0.25, -0.2) is 0 Å². The van der Waals surface area contributed by atoms with E-state index in [0.29, 0.717) is 12.8 Å². The van der Waals surface area contributed by atoms with Crippen LogP contribution in [-0.2, 0) is 19.2 Å². The maximum atomic E-state index is 12.8. The van der Waals surface area contributed by atoms with Gasteiger partial charge in [-0.2, -0.15) is 12.6 Å². The molecule has 0 aromatic heterocycles. The third-order valence-electron chi connectivity index (χ3n) is 4.32. The van der Waals surface area contributed by atoms with Gasteiger partial charge in [0.15, 0.2) is 5.96 Å². The largest absolute Gasteiger partial charge is 0.480 e. The summed E-state index contributed by atoms with van der Waals surface area (Å²) in [5.74, 6) is -3.26. The maximum Gasteiger partial charge on any atom is 0.322 e. The highest BCUT2D eigenvalue weighted by Gasteiger charge is 2.30. The summed E-state index contributed by atoms with van der Waals surface area (Å²) in [6.07, 6.45) is 1.09. The van der Waals surface area contributed by atoms with Crippen LogP contribution in [0.15, 0.2) is 4.99 Å². The minimum absolute atomic E-state index is 0.103. The van der Waals surface area contributed by atoms with E-state index in [0.717, 1.165) is 0 Å². The molecule has 0 heterocycles. The summed E-state index contributed by atoms with van der Waals surface area (Å²) in [5, 5.41) is 16.2. The molecule has 0 aliphatic carbocycles. The first-order chi connectivity index (χ1) is 14.0. The van der Waals surface area contributed by atoms with Crippen molar-refractivity contribution in [3.63, 3.8) is 0 Å². The molecule has 4 atom stereocenters. The van der Waals surface area contributed by atoms with Crippen LogP contribution in [0.3, 0.4) is 0 Å². The van der Waals surface area contributed by atoms with Gasteiger partial charge in [-0.1, -0.05) is 20.3 Å². The number of carboxylic acid groups (broad SMARTS) is 1. The molecule has 10 N–H and O–H groups in total. The van der Waals surface area contributed by atoms with Crippen molar-refractivity contribution in [3.05, 3.63) is 0 Å². The van der Waals surface area contributed by atoms with Crippen molar-refractivity contribution in [3.8, 4) is 0 Å². The quantitative estimate of drug-likeness (QED) is 0.0615. The first-order valence-corrected chi connectivity index (χ1v) is 10.2. The summed E-state index contributed by atoms with van der Waals surface area (Å²) in [4.78, 5) is 51.9. The summed E-state index contributed by atoms with van der Waals surface area (Å²) < 4.78 is 0. The predicted molar refractivity (Wildman–Crippen MR) is 116 cm³/mol. The van der Waals surface area contributed by atoms with Gasteiger partial charge in [0.2, 0.25) is 17.7 Å². The minimum atomic E-state index is -1.22. The number of nitrogens with two attached hydrogens (primary N) is 3. The Morgan fingerprint density at radius 1 is 1.10 bits per heavy atom. The lowest BCUT2D eigenvalue weighted by molar-refractivity contribution is -0.138. The van der Waals surface area contributed by atoms with E-state index in [1.54, 1.807) is 6.92 Å². The van der Waals surface area contributed by atoms with Gasteiger partial charge in [-0.15, -0.1) is 0 Å². The lowest BCUT2D eigenvalue weighted by Crippen LogP contribution is -2.58. The number of nitrogens with one attached hydrogen (secondary N) is 3. The van der Waals surface area contributed by atoms with E-state index in [1.165, 1.54) is 0 Å². The molecule has 0 saturated heterocycles. The van der Waals surface area contributed by atoms with Crippen LogP contribution >= 0.6 is 12.6 Å². The topological polar surface area (TPSA) is 215 Å². The Balaban J connectivity index is 5.31. The zero-order valence-corrected chi connectivity index (χ0v) is 18.2. The van der Waals surface area contributed by atoms with Gasteiger partial charge in [0, 0.05) is 12.3 Å². The summed E-state index contributed by atoms with van der Waals surface area (Å²) in [6, 6.07) is -2.85. The van der Waals surface area contributed by atoms with Crippen molar-refractivity contribution in [2.24, 2.45) is 28.1 Å². The highest BCUT2D eigenvalue weighted by Crippen LogP contribution is 2.10. The minimum Gasteiger partial charge on any atom is -0.480 e. The van der Waals surface area contributed by atoms with Gasteiger partial charge in [-0.3, -0.25) is 24.2 Å². The van der Waals surface area contributed by atoms with Gasteiger partial charge in [-0.05, 0) is 18.8 Å². The monoisotopic (exact) mass is 447 g/mol. The van der Waals surface area contributed by atoms with Crippen LogP contribution in [0.1, 0.15) is 33.1 Å². The molecule has 3 amide bonds. The van der Waals surface area contributed by atoms with Gasteiger partial charge in [0.25, 0.3) is 0 Å². The van der Waals surface area contributed by atoms with Crippen molar-refractivity contribution < 1.29 is 24.3 Å². The molecule has 172 valence electrons. The molecule has 0 aromatic rings. The lowest BCUT2D eigenvalue weighted by atomic mass is 9.97. The van der Waals surface area contributed by atoms with Crippen molar-refractivity contribution in [2.45, 2.75) is 51.2 Å². The first kappa shape index (κ1) is 27.5. The number of aliphatic imine (C=N–C) groups is 1. The van der Waals surface area contributed by atoms with Gasteiger partial charge >= 0.3 is 5.97 Å². The molecule has 30 heavy (non-hydrogen) atoms. The van der Waals surface area contributed by atoms with Crippen LogP contribution in [0.2, 0.25) is 0 Å². The number of hydrogen-bond donors (Lipinski definition) is 8. The van der Waals surface area contributed by atoms with Crippen molar-refractivity contribution in [1.82, 2.24) is 16.0 Å². The average Bonchev–Trinajstić information content (AvgIpc) is 2.70. The highest BCUT2D eigenvalue weighted by atomic mass is 32.1. The smallest absolute Gasteiger partial charge is 0.322 e. The molecule has 0 bridgehead atoms. The van der Waals surface area contributed by atoms with Crippen molar-refractivity contribution in [1.29, 1.82) is 0 Å². The summed E-state index contributed by atoms with van der Waals surface area (Å²) in [7, 11) is 0. The molecule has 0 aliphatic rings. The highest BCUT2D eigenvalue weighted by molar-refractivity contribution is 7.80. The molecule has 0 spiro atoms. The van der Waals surface area contributed by atoms with Gasteiger partial charge < -0.3 is 38.3 Å². The molecule has 0 rings (SSSR count). The Labute approximate surface area is 181 Å². The van der Waals surface area contributed by atoms with Crippen LogP contribution < -0.4 is 33.2 Å². The van der Waals surface area contributed by atoms with E-state index in [4.69, 9.17) is 22.3 Å². The molecule has 0 radical (unpaired) electrons. The maximum absolute atomic E-state index is 12.8. The summed E-state index contributed by atoms with van der Waals surface area (Å²) in [6.45, 7) is 3.25. The molecular weight excluding hydrogens is 414 g/mol. The second-order valence-electron chi connectivity index (χ2n) is 6.78. The van der Waals surface area contributed by atoms with Gasteiger partial charge in [0.1, 0.15) is 18.6 Å². The molecule has 4 unspecified atom stereocenters. The number of aliphatic carboxylic acids is 1. The number of hydrogen-bond acceptors (Lipinski definition) is 7. The van der Waals surface area contributed by atoms with E-state index in [9.17, 15) is 19.2 Å². The van der Waals surface area contributed by atoms with Crippen LogP contribution in [-0.4, -0.2) is 71.7 Å². The zero-order valence-electron chi connectivity index (χ0n) is 17.3. The van der Waals surface area contributed by atoms with E-state index in [1.807, 2.05) is 6.92 Å². The zero-order chi connectivity index (χ0) is 23.3. The number of thiol groups is 1. The molecule has 12 nitrogen and oxygen atoms in total. The normalized spacial score (nSPS) is 14.5. The Morgan fingerprint density at radius 2 is 1.73 bits per heavy atom. The molecular formula is C17H33N7O5S. The van der Waals surface area contributed by atoms with E-state index < -0.39 is 48.4 Å². The fourth-order valence-electron chi connectivity index (χ4n) is 2.36. The predicted octanol–water partition coefficient (Wildman–Crippen LogP) is -2.49. The Hall–Kier alpha value is -2.54. The second-order valence-corrected chi connectivity index (χ2v) is 7.15. The number of amides is 3. The summed E-state index contributed by atoms with van der Waals surface area (Å²) >= 11 is 3.97. The standard InChI is InChI=1S/C17H33N7O5S/c1-3-9(2)13(24-14(27)10(18)8-30)16(29)23-11(5-4-6-21-17(19)20)15(28)22-7-12(25)26/h9-11,13,30H,3-8,18H2,1-2H3,(H,22,28)(H,23,29)(H,24,27)(H,25,26)(H4,19,20,21). The third kappa shape index (κ3) is 10.9. The second kappa shape index (κ2) is 14.4. The number of carbonyl (C=O) groups is 4. The fraction of sp³-hybridized carbons (Fsp3) is 0.706. The first-order valence-electron chi connectivity index (χ1n) is 9.55. The number of guanidine groups is 1. The van der Waals surface area contributed by atoms with E-state index in [-0.39, 0.29) is 30.6 Å². The van der Waals surface area contributed by atoms with Crippen LogP contribution in [0.5, 0.6) is 0 Å². The lowest BCUT2D eigenvalue weighted by Gasteiger charge is -2.27. The molecule has 0 aromatic carbocycles. The van der Waals surface area contributed by atoms with Crippen LogP contribution in [0, 0.1) is 5.92 Å². The number of carboxylic acids is 1. The molecule has 0 fully saturated rings. The van der Waals surface area contributed by atoms with Crippen LogP contribution in [0.4, 0.5) is 0 Å². The Kier molecular flexibility index (Phi) is 13.2.